The monoisotopic (exact) mass is 341 g/mol. The molecule has 2 aromatic carbocycles. The lowest BCUT2D eigenvalue weighted by atomic mass is 10.0. The lowest BCUT2D eigenvalue weighted by Gasteiger charge is -2.32. The zero-order valence-corrected chi connectivity index (χ0v) is 14.3. The lowest BCUT2D eigenvalue weighted by Crippen LogP contribution is -2.45. The van der Waals surface area contributed by atoms with E-state index in [1.54, 1.807) is 18.2 Å². The summed E-state index contributed by atoms with van der Waals surface area (Å²) in [5.74, 6) is -0.178. The minimum atomic E-state index is -0.178. The van der Waals surface area contributed by atoms with Crippen LogP contribution >= 0.6 is 0 Å². The molecule has 2 aromatic rings. The number of nitrogens with two attached hydrogens (primary N) is 1. The predicted molar refractivity (Wildman–Crippen MR) is 96.5 cm³/mol. The number of amides is 2. The molecule has 1 fully saturated rings. The van der Waals surface area contributed by atoms with Crippen molar-refractivity contribution in [3.05, 3.63) is 71.5 Å². The molecular weight excluding hydrogens is 317 g/mol. The highest BCUT2D eigenvalue weighted by atomic mass is 19.1. The van der Waals surface area contributed by atoms with Crippen molar-refractivity contribution in [1.29, 1.82) is 0 Å². The van der Waals surface area contributed by atoms with Crippen molar-refractivity contribution in [2.45, 2.75) is 25.4 Å². The second-order valence-electron chi connectivity index (χ2n) is 6.51. The van der Waals surface area contributed by atoms with Crippen molar-refractivity contribution >= 4 is 6.03 Å². The Kier molecular flexibility index (Phi) is 5.66. The first-order valence-electron chi connectivity index (χ1n) is 8.70. The highest BCUT2D eigenvalue weighted by molar-refractivity contribution is 5.75. The first kappa shape index (κ1) is 17.4. The van der Waals surface area contributed by atoms with Crippen LogP contribution in [0.15, 0.2) is 54.6 Å². The number of benzene rings is 2. The molecule has 0 spiro atoms. The molecule has 132 valence electrons. The molecule has 5 heteroatoms. The fraction of sp³-hybridized carbons (Fsp3) is 0.350. The van der Waals surface area contributed by atoms with E-state index in [-0.39, 0.29) is 17.9 Å². The summed E-state index contributed by atoms with van der Waals surface area (Å²) in [7, 11) is 0. The van der Waals surface area contributed by atoms with Gasteiger partial charge in [0.2, 0.25) is 0 Å². The smallest absolute Gasteiger partial charge is 0.320 e. The van der Waals surface area contributed by atoms with Gasteiger partial charge in [0.15, 0.2) is 0 Å². The van der Waals surface area contributed by atoms with Crippen molar-refractivity contribution < 1.29 is 9.18 Å². The van der Waals surface area contributed by atoms with Crippen molar-refractivity contribution in [3.63, 3.8) is 0 Å². The molecule has 0 aromatic heterocycles. The molecule has 2 aliphatic heterocycles. The van der Waals surface area contributed by atoms with Crippen molar-refractivity contribution in [3.8, 4) is 0 Å². The van der Waals surface area contributed by atoms with Gasteiger partial charge in [0.05, 0.1) is 0 Å². The third kappa shape index (κ3) is 4.57. The van der Waals surface area contributed by atoms with E-state index in [1.807, 2.05) is 15.9 Å². The van der Waals surface area contributed by atoms with Gasteiger partial charge in [-0.3, -0.25) is 0 Å². The van der Waals surface area contributed by atoms with Crippen molar-refractivity contribution in [1.82, 2.24) is 9.80 Å². The molecule has 2 N–H and O–H groups in total. The molecular formula is C20H24FN3O. The van der Waals surface area contributed by atoms with Gasteiger partial charge < -0.3 is 15.5 Å². The topological polar surface area (TPSA) is 49.6 Å². The lowest BCUT2D eigenvalue weighted by molar-refractivity contribution is 0.156. The molecule has 1 atom stereocenters. The second kappa shape index (κ2) is 8.12. The molecule has 0 saturated carbocycles. The van der Waals surface area contributed by atoms with Crippen LogP contribution in [-0.2, 0) is 13.0 Å². The molecule has 0 radical (unpaired) electrons. The number of hydrogen-bond donors (Lipinski definition) is 1. The Morgan fingerprint density at radius 3 is 2.24 bits per heavy atom. The molecule has 0 bridgehead atoms. The Morgan fingerprint density at radius 1 is 0.960 bits per heavy atom. The molecule has 4 rings (SSSR count). The van der Waals surface area contributed by atoms with Crippen molar-refractivity contribution in [2.75, 3.05) is 19.6 Å². The number of nitrogens with zero attached hydrogens (tertiary/aromatic N) is 2. The van der Waals surface area contributed by atoms with Gasteiger partial charge in [-0.05, 0) is 36.1 Å². The van der Waals surface area contributed by atoms with Crippen LogP contribution in [0.4, 0.5) is 9.18 Å². The van der Waals surface area contributed by atoms with Crippen LogP contribution in [0, 0.1) is 5.82 Å². The number of hydrogen-bond acceptors (Lipinski definition) is 2. The van der Waals surface area contributed by atoms with Crippen LogP contribution in [0.25, 0.3) is 0 Å². The van der Waals surface area contributed by atoms with Crippen molar-refractivity contribution in [2.24, 2.45) is 5.73 Å². The number of halogens is 1. The molecule has 2 aliphatic rings. The number of fused-ring (bicyclic) bond motifs is 1. The van der Waals surface area contributed by atoms with E-state index in [2.05, 4.69) is 18.2 Å². The number of urea groups is 1. The minimum absolute atomic E-state index is 0.150. The van der Waals surface area contributed by atoms with E-state index in [4.69, 9.17) is 5.73 Å². The van der Waals surface area contributed by atoms with Crippen LogP contribution in [0.5, 0.6) is 0 Å². The van der Waals surface area contributed by atoms with Gasteiger partial charge in [-0.25, -0.2) is 9.18 Å². The summed E-state index contributed by atoms with van der Waals surface area (Å²) in [5.41, 5.74) is 8.51. The predicted octanol–water partition coefficient (Wildman–Crippen LogP) is 3.02. The van der Waals surface area contributed by atoms with Crippen LogP contribution in [0.2, 0.25) is 0 Å². The zero-order chi connectivity index (χ0) is 17.6. The average molecular weight is 341 g/mol. The van der Waals surface area contributed by atoms with E-state index < -0.39 is 0 Å². The summed E-state index contributed by atoms with van der Waals surface area (Å²) in [5, 5.41) is 0. The van der Waals surface area contributed by atoms with Gasteiger partial charge in [-0.15, -0.1) is 0 Å². The van der Waals surface area contributed by atoms with Crippen LogP contribution < -0.4 is 5.73 Å². The molecule has 1 saturated heterocycles. The second-order valence-corrected chi connectivity index (χ2v) is 6.51. The fourth-order valence-electron chi connectivity index (χ4n) is 3.23. The summed E-state index contributed by atoms with van der Waals surface area (Å²) < 4.78 is 11.9. The Labute approximate surface area is 148 Å². The Balaban J connectivity index is 0.000000219. The van der Waals surface area contributed by atoms with Crippen LogP contribution in [-0.4, -0.2) is 41.5 Å². The summed E-state index contributed by atoms with van der Waals surface area (Å²) >= 11 is 0. The maximum atomic E-state index is 12.4. The van der Waals surface area contributed by atoms with E-state index >= 15 is 0 Å². The largest absolute Gasteiger partial charge is 0.326 e. The first-order chi connectivity index (χ1) is 12.1. The normalized spacial score (nSPS) is 19.0. The van der Waals surface area contributed by atoms with Gasteiger partial charge in [-0.2, -0.15) is 0 Å². The Morgan fingerprint density at radius 2 is 1.64 bits per heavy atom. The third-order valence-corrected chi connectivity index (χ3v) is 4.63. The van der Waals surface area contributed by atoms with Gasteiger partial charge in [0.1, 0.15) is 5.82 Å². The molecule has 25 heavy (non-hydrogen) atoms. The molecule has 4 nitrogen and oxygen atoms in total. The molecule has 2 amide bonds. The summed E-state index contributed by atoms with van der Waals surface area (Å²) in [6.07, 6.45) is 1.89. The van der Waals surface area contributed by atoms with Crippen LogP contribution in [0.3, 0.4) is 0 Å². The van der Waals surface area contributed by atoms with Gasteiger partial charge in [0, 0.05) is 32.2 Å². The highest BCUT2D eigenvalue weighted by Gasteiger charge is 2.29. The van der Waals surface area contributed by atoms with E-state index in [0.717, 1.165) is 32.5 Å². The van der Waals surface area contributed by atoms with Gasteiger partial charge in [0.25, 0.3) is 0 Å². The Hall–Kier alpha value is -2.40. The number of rotatable bonds is 0. The minimum Gasteiger partial charge on any atom is -0.326 e. The Bertz CT molecular complexity index is 707. The van der Waals surface area contributed by atoms with E-state index in [1.165, 1.54) is 23.3 Å². The summed E-state index contributed by atoms with van der Waals surface area (Å²) in [4.78, 5) is 16.2. The summed E-state index contributed by atoms with van der Waals surface area (Å²) in [6.45, 7) is 3.07. The number of likely N-dealkylation sites (tertiary alicyclic amines) is 1. The van der Waals surface area contributed by atoms with Gasteiger partial charge >= 0.3 is 6.03 Å². The number of carbonyl (C=O) groups is 1. The SMILES string of the molecule is Fc1ccccc1.NC1CCN(C(=O)N2CCc3ccccc3C2)C1. The maximum Gasteiger partial charge on any atom is 0.320 e. The quantitative estimate of drug-likeness (QED) is 0.801. The van der Waals surface area contributed by atoms with E-state index in [0.29, 0.717) is 6.54 Å². The maximum absolute atomic E-state index is 12.4. The fourth-order valence-corrected chi connectivity index (χ4v) is 3.23. The van der Waals surface area contributed by atoms with Gasteiger partial charge in [-0.1, -0.05) is 42.5 Å². The van der Waals surface area contributed by atoms with Crippen LogP contribution in [0.1, 0.15) is 17.5 Å². The third-order valence-electron chi connectivity index (χ3n) is 4.63. The zero-order valence-electron chi connectivity index (χ0n) is 14.3. The number of carbonyl (C=O) groups excluding carboxylic acids is 1. The summed E-state index contributed by atoms with van der Waals surface area (Å²) in [6, 6.07) is 16.6. The van der Waals surface area contributed by atoms with E-state index in [9.17, 15) is 9.18 Å². The molecule has 2 heterocycles. The average Bonchev–Trinajstić information content (AvgIpc) is 3.08. The standard InChI is InChI=1S/C14H19N3O.C6H5F/c15-13-6-8-17(10-13)14(18)16-7-5-11-3-1-2-4-12(11)9-16;7-6-4-2-1-3-5-6/h1-4,13H,5-10,15H2;1-5H. The highest BCUT2D eigenvalue weighted by Crippen LogP contribution is 2.20. The molecule has 1 unspecified atom stereocenters. The molecule has 0 aliphatic carbocycles. The first-order valence-corrected chi connectivity index (χ1v) is 8.70.